The van der Waals surface area contributed by atoms with Crippen molar-refractivity contribution < 1.29 is 43.8 Å². The van der Waals surface area contributed by atoms with Gasteiger partial charge < -0.3 is 49.1 Å². The predicted octanol–water partition coefficient (Wildman–Crippen LogP) is -6.14. The molecule has 32 heavy (non-hydrogen) atoms. The fourth-order valence-corrected chi connectivity index (χ4v) is 2.28. The lowest BCUT2D eigenvalue weighted by Crippen LogP contribution is -2.58. The molecule has 13 N–H and O–H groups in total. The van der Waals surface area contributed by atoms with Crippen molar-refractivity contribution in [1.82, 2.24) is 16.0 Å². The maximum Gasteiger partial charge on any atom is 0.328 e. The average Bonchev–Trinajstić information content (AvgIpc) is 2.66. The topological polar surface area (TPSA) is 300 Å². The molecule has 16 heteroatoms. The lowest BCUT2D eigenvalue weighted by atomic mass is 10.1. The highest BCUT2D eigenvalue weighted by molar-refractivity contribution is 5.97. The standard InChI is InChI=1S/C16H27N7O9/c17-6(3-11(19)26)13(28)22-8(4-12(20)27)15(30)21-7(1-2-10(18)25)14(29)23-9(5-24)16(31)32/h6-9,24H,1-5,17H2,(H2,18,25)(H2,19,26)(H2,20,27)(H,21,30)(H,22,28)(H,23,29)(H,31,32). The van der Waals surface area contributed by atoms with E-state index in [1.165, 1.54) is 0 Å². The first-order chi connectivity index (χ1) is 14.8. The summed E-state index contributed by atoms with van der Waals surface area (Å²) in [6.45, 7) is -0.963. The van der Waals surface area contributed by atoms with Crippen molar-refractivity contribution >= 4 is 41.4 Å². The van der Waals surface area contributed by atoms with E-state index in [9.17, 15) is 33.6 Å². The number of carboxylic acid groups (broad SMARTS) is 1. The molecule has 0 bridgehead atoms. The van der Waals surface area contributed by atoms with Gasteiger partial charge in [0, 0.05) is 6.42 Å². The van der Waals surface area contributed by atoms with Crippen LogP contribution >= 0.6 is 0 Å². The lowest BCUT2D eigenvalue weighted by molar-refractivity contribution is -0.143. The van der Waals surface area contributed by atoms with Gasteiger partial charge in [-0.25, -0.2) is 4.79 Å². The predicted molar refractivity (Wildman–Crippen MR) is 105 cm³/mol. The molecule has 0 spiro atoms. The highest BCUT2D eigenvalue weighted by atomic mass is 16.4. The number of hydrogen-bond donors (Lipinski definition) is 9. The Bertz CT molecular complexity index is 758. The molecule has 0 radical (unpaired) electrons. The van der Waals surface area contributed by atoms with Crippen LogP contribution in [0.1, 0.15) is 25.7 Å². The Balaban J connectivity index is 5.51. The number of rotatable bonds is 15. The van der Waals surface area contributed by atoms with Gasteiger partial charge in [0.1, 0.15) is 18.1 Å². The Morgan fingerprint density at radius 3 is 1.59 bits per heavy atom. The molecule has 0 aromatic heterocycles. The summed E-state index contributed by atoms with van der Waals surface area (Å²) in [5.74, 6) is -7.53. The molecule has 0 rings (SSSR count). The maximum absolute atomic E-state index is 12.6. The van der Waals surface area contributed by atoms with E-state index in [1.807, 2.05) is 5.32 Å². The Hall–Kier alpha value is -3.79. The minimum absolute atomic E-state index is 0.372. The zero-order chi connectivity index (χ0) is 25.0. The van der Waals surface area contributed by atoms with Crippen LogP contribution in [0, 0.1) is 0 Å². The second-order valence-electron chi connectivity index (χ2n) is 6.66. The summed E-state index contributed by atoms with van der Waals surface area (Å²) in [5, 5.41) is 24.1. The molecule has 4 atom stereocenters. The zero-order valence-electron chi connectivity index (χ0n) is 16.9. The number of carboxylic acids is 1. The Kier molecular flexibility index (Phi) is 11.9. The van der Waals surface area contributed by atoms with Gasteiger partial charge in [0.15, 0.2) is 0 Å². The molecule has 180 valence electrons. The number of nitrogens with two attached hydrogens (primary N) is 4. The van der Waals surface area contributed by atoms with Crippen LogP contribution in [0.3, 0.4) is 0 Å². The minimum Gasteiger partial charge on any atom is -0.480 e. The van der Waals surface area contributed by atoms with E-state index < -0.39 is 91.4 Å². The van der Waals surface area contributed by atoms with Crippen LogP contribution in [-0.2, 0) is 33.6 Å². The molecule has 4 unspecified atom stereocenters. The molecule has 0 aliphatic rings. The molecule has 0 aromatic rings. The number of nitrogens with one attached hydrogen (secondary N) is 3. The van der Waals surface area contributed by atoms with E-state index in [0.29, 0.717) is 0 Å². The number of hydrogen-bond acceptors (Lipinski definition) is 9. The minimum atomic E-state index is -1.71. The molecule has 0 heterocycles. The van der Waals surface area contributed by atoms with E-state index in [1.54, 1.807) is 0 Å². The highest BCUT2D eigenvalue weighted by Crippen LogP contribution is 2.02. The number of aliphatic hydroxyl groups is 1. The number of aliphatic hydroxyl groups excluding tert-OH is 1. The number of primary amides is 3. The summed E-state index contributed by atoms with van der Waals surface area (Å²) in [5.41, 5.74) is 20.5. The van der Waals surface area contributed by atoms with E-state index in [2.05, 4.69) is 10.6 Å². The van der Waals surface area contributed by atoms with Gasteiger partial charge in [-0.2, -0.15) is 0 Å². The average molecular weight is 461 g/mol. The van der Waals surface area contributed by atoms with Gasteiger partial charge in [-0.15, -0.1) is 0 Å². The maximum atomic E-state index is 12.6. The van der Waals surface area contributed by atoms with Gasteiger partial charge in [-0.05, 0) is 6.42 Å². The summed E-state index contributed by atoms with van der Waals surface area (Å²) >= 11 is 0. The third-order valence-corrected chi connectivity index (χ3v) is 3.91. The second-order valence-corrected chi connectivity index (χ2v) is 6.66. The summed E-state index contributed by atoms with van der Waals surface area (Å²) in [6.07, 6.45) is -2.05. The van der Waals surface area contributed by atoms with E-state index >= 15 is 0 Å². The molecule has 16 nitrogen and oxygen atoms in total. The first kappa shape index (κ1) is 28.2. The van der Waals surface area contributed by atoms with Crippen molar-refractivity contribution in [3.8, 4) is 0 Å². The molecular weight excluding hydrogens is 434 g/mol. The van der Waals surface area contributed by atoms with Gasteiger partial charge in [0.2, 0.25) is 35.4 Å². The lowest BCUT2D eigenvalue weighted by Gasteiger charge is -2.24. The molecule has 0 aliphatic carbocycles. The summed E-state index contributed by atoms with van der Waals surface area (Å²) in [4.78, 5) is 81.2. The Morgan fingerprint density at radius 2 is 1.16 bits per heavy atom. The smallest absolute Gasteiger partial charge is 0.328 e. The number of amides is 6. The van der Waals surface area contributed by atoms with E-state index in [0.717, 1.165) is 0 Å². The van der Waals surface area contributed by atoms with Gasteiger partial charge in [-0.3, -0.25) is 28.8 Å². The number of carbonyl (C=O) groups excluding carboxylic acids is 6. The number of carbonyl (C=O) groups is 7. The Labute approximate surface area is 181 Å². The first-order valence-corrected chi connectivity index (χ1v) is 9.13. The molecule has 0 saturated carbocycles. The fraction of sp³-hybridized carbons (Fsp3) is 0.562. The van der Waals surface area contributed by atoms with Crippen LogP contribution in [0.4, 0.5) is 0 Å². The summed E-state index contributed by atoms with van der Waals surface area (Å²) in [6, 6.07) is -6.31. The molecule has 0 fully saturated rings. The van der Waals surface area contributed by atoms with Crippen LogP contribution in [0.15, 0.2) is 0 Å². The SMILES string of the molecule is NC(=O)CCC(NC(=O)C(CC(N)=O)NC(=O)C(N)CC(N)=O)C(=O)NC(CO)C(=O)O. The van der Waals surface area contributed by atoms with Crippen LogP contribution < -0.4 is 38.9 Å². The highest BCUT2D eigenvalue weighted by Gasteiger charge is 2.31. The molecule has 0 aromatic carbocycles. The third kappa shape index (κ3) is 10.8. The van der Waals surface area contributed by atoms with Crippen molar-refractivity contribution in [2.75, 3.05) is 6.61 Å². The summed E-state index contributed by atoms with van der Waals surface area (Å²) < 4.78 is 0. The molecule has 6 amide bonds. The van der Waals surface area contributed by atoms with Crippen molar-refractivity contribution in [3.05, 3.63) is 0 Å². The monoisotopic (exact) mass is 461 g/mol. The molecular formula is C16H27N7O9. The van der Waals surface area contributed by atoms with E-state index in [-0.39, 0.29) is 6.42 Å². The van der Waals surface area contributed by atoms with Crippen LogP contribution in [0.25, 0.3) is 0 Å². The third-order valence-electron chi connectivity index (χ3n) is 3.91. The van der Waals surface area contributed by atoms with Crippen molar-refractivity contribution in [1.29, 1.82) is 0 Å². The fourth-order valence-electron chi connectivity index (χ4n) is 2.28. The van der Waals surface area contributed by atoms with Gasteiger partial charge in [0.05, 0.1) is 25.5 Å². The first-order valence-electron chi connectivity index (χ1n) is 9.13. The largest absolute Gasteiger partial charge is 0.480 e. The molecule has 0 aliphatic heterocycles. The van der Waals surface area contributed by atoms with Crippen LogP contribution in [0.5, 0.6) is 0 Å². The zero-order valence-corrected chi connectivity index (χ0v) is 16.9. The van der Waals surface area contributed by atoms with Gasteiger partial charge in [-0.1, -0.05) is 0 Å². The Morgan fingerprint density at radius 1 is 0.688 bits per heavy atom. The quantitative estimate of drug-likeness (QED) is 0.111. The van der Waals surface area contributed by atoms with Gasteiger partial charge >= 0.3 is 5.97 Å². The van der Waals surface area contributed by atoms with Crippen molar-refractivity contribution in [3.63, 3.8) is 0 Å². The normalized spacial score (nSPS) is 14.2. The number of aliphatic carboxylic acids is 1. The van der Waals surface area contributed by atoms with Gasteiger partial charge in [0.25, 0.3) is 0 Å². The van der Waals surface area contributed by atoms with Crippen LogP contribution in [0.2, 0.25) is 0 Å². The van der Waals surface area contributed by atoms with E-state index in [4.69, 9.17) is 33.1 Å². The van der Waals surface area contributed by atoms with Crippen molar-refractivity contribution in [2.45, 2.75) is 49.9 Å². The summed E-state index contributed by atoms with van der Waals surface area (Å²) in [7, 11) is 0. The van der Waals surface area contributed by atoms with Crippen molar-refractivity contribution in [2.24, 2.45) is 22.9 Å². The van der Waals surface area contributed by atoms with Crippen LogP contribution in [-0.4, -0.2) is 82.4 Å². The molecule has 0 saturated heterocycles. The second kappa shape index (κ2) is 13.5.